The lowest BCUT2D eigenvalue weighted by Crippen LogP contribution is -2.56. The third-order valence-electron chi connectivity index (χ3n) is 3.96. The molecule has 0 bridgehead atoms. The van der Waals surface area contributed by atoms with Crippen LogP contribution in [0.2, 0.25) is 0 Å². The molecule has 0 spiro atoms. The van der Waals surface area contributed by atoms with E-state index in [9.17, 15) is 4.79 Å². The number of nitrogens with one attached hydrogen (secondary N) is 1. The van der Waals surface area contributed by atoms with Crippen LogP contribution in [0.4, 0.5) is 0 Å². The molecular weight excluding hydrogens is 218 g/mol. The van der Waals surface area contributed by atoms with Crippen LogP contribution in [0.5, 0.6) is 0 Å². The van der Waals surface area contributed by atoms with Gasteiger partial charge in [-0.3, -0.25) is 4.79 Å². The van der Waals surface area contributed by atoms with E-state index in [1.54, 1.807) is 0 Å². The first-order valence-electron chi connectivity index (χ1n) is 6.68. The summed E-state index contributed by atoms with van der Waals surface area (Å²) in [6, 6.07) is 0. The molecule has 98 valence electrons. The Balaban J connectivity index is 2.01. The monoisotopic (exact) mass is 241 g/mol. The zero-order valence-electron chi connectivity index (χ0n) is 10.7. The maximum atomic E-state index is 12.0. The van der Waals surface area contributed by atoms with E-state index >= 15 is 0 Å². The van der Waals surface area contributed by atoms with Crippen LogP contribution in [-0.4, -0.2) is 38.4 Å². The van der Waals surface area contributed by atoms with Crippen molar-refractivity contribution in [3.63, 3.8) is 0 Å². The van der Waals surface area contributed by atoms with E-state index in [2.05, 4.69) is 5.32 Å². The Labute approximate surface area is 103 Å². The van der Waals surface area contributed by atoms with Crippen LogP contribution >= 0.6 is 0 Å². The van der Waals surface area contributed by atoms with Gasteiger partial charge in [-0.2, -0.15) is 0 Å². The average Bonchev–Trinajstić information content (AvgIpc) is 2.40. The van der Waals surface area contributed by atoms with Crippen LogP contribution in [0.25, 0.3) is 0 Å². The Hall–Kier alpha value is -0.610. The fourth-order valence-corrected chi connectivity index (χ4v) is 3.06. The molecule has 0 aromatic heterocycles. The van der Waals surface area contributed by atoms with Gasteiger partial charge in [-0.1, -0.05) is 0 Å². The minimum absolute atomic E-state index is 0.0947. The highest BCUT2D eigenvalue weighted by atomic mass is 16.5. The molecule has 0 aromatic rings. The van der Waals surface area contributed by atoms with Crippen molar-refractivity contribution >= 4 is 5.97 Å². The minimum atomic E-state index is -0.446. The number of hydrogen-bond donors (Lipinski definition) is 1. The summed E-state index contributed by atoms with van der Waals surface area (Å²) in [7, 11) is 1.48. The molecule has 0 aliphatic carbocycles. The molecule has 2 heterocycles. The number of methoxy groups -OCH3 is 1. The second kappa shape index (κ2) is 5.83. The van der Waals surface area contributed by atoms with Gasteiger partial charge in [0.1, 0.15) is 5.54 Å². The number of hydrogen-bond acceptors (Lipinski definition) is 4. The molecule has 4 heteroatoms. The van der Waals surface area contributed by atoms with Gasteiger partial charge < -0.3 is 14.8 Å². The molecule has 17 heavy (non-hydrogen) atoms. The number of esters is 1. The lowest BCUT2D eigenvalue weighted by molar-refractivity contribution is -0.151. The molecule has 0 amide bonds. The van der Waals surface area contributed by atoms with Crippen molar-refractivity contribution in [3.8, 4) is 0 Å². The van der Waals surface area contributed by atoms with Crippen LogP contribution in [0.1, 0.15) is 38.5 Å². The zero-order valence-corrected chi connectivity index (χ0v) is 10.7. The summed E-state index contributed by atoms with van der Waals surface area (Å²) < 4.78 is 10.5. The van der Waals surface area contributed by atoms with Crippen molar-refractivity contribution in [1.82, 2.24) is 5.32 Å². The predicted octanol–water partition coefficient (Wildman–Crippen LogP) is 1.49. The molecule has 4 nitrogen and oxygen atoms in total. The fraction of sp³-hybridized carbons (Fsp3) is 0.923. The van der Waals surface area contributed by atoms with E-state index in [1.807, 2.05) is 0 Å². The molecular formula is C13H23NO3. The van der Waals surface area contributed by atoms with E-state index < -0.39 is 5.54 Å². The Bertz CT molecular complexity index is 255. The van der Waals surface area contributed by atoms with Gasteiger partial charge in [0, 0.05) is 13.2 Å². The Morgan fingerprint density at radius 3 is 2.94 bits per heavy atom. The van der Waals surface area contributed by atoms with E-state index in [1.165, 1.54) is 13.5 Å². The highest BCUT2D eigenvalue weighted by Gasteiger charge is 2.42. The molecule has 2 unspecified atom stereocenters. The Morgan fingerprint density at radius 1 is 1.47 bits per heavy atom. The molecule has 2 atom stereocenters. The maximum Gasteiger partial charge on any atom is 0.326 e. The van der Waals surface area contributed by atoms with Crippen molar-refractivity contribution in [3.05, 3.63) is 0 Å². The highest BCUT2D eigenvalue weighted by molar-refractivity contribution is 5.80. The van der Waals surface area contributed by atoms with Crippen molar-refractivity contribution in [2.45, 2.75) is 44.1 Å². The lowest BCUT2D eigenvalue weighted by atomic mass is 9.79. The van der Waals surface area contributed by atoms with Gasteiger partial charge in [-0.25, -0.2) is 0 Å². The molecule has 2 fully saturated rings. The lowest BCUT2D eigenvalue weighted by Gasteiger charge is -2.39. The molecule has 2 aliphatic rings. The summed E-state index contributed by atoms with van der Waals surface area (Å²) in [6.45, 7) is 2.58. The van der Waals surface area contributed by atoms with Crippen molar-refractivity contribution in [1.29, 1.82) is 0 Å². The normalized spacial score (nSPS) is 34.3. The van der Waals surface area contributed by atoms with E-state index in [0.29, 0.717) is 5.92 Å². The number of carbonyl (C=O) groups is 1. The highest BCUT2D eigenvalue weighted by Crippen LogP contribution is 2.31. The van der Waals surface area contributed by atoms with Gasteiger partial charge in [-0.05, 0) is 51.0 Å². The summed E-state index contributed by atoms with van der Waals surface area (Å²) >= 11 is 0. The quantitative estimate of drug-likeness (QED) is 0.760. The molecule has 0 aromatic carbocycles. The average molecular weight is 241 g/mol. The third kappa shape index (κ3) is 2.99. The second-order valence-electron chi connectivity index (χ2n) is 5.24. The van der Waals surface area contributed by atoms with Gasteiger partial charge in [0.05, 0.1) is 7.11 Å². The number of carbonyl (C=O) groups excluding carboxylic acids is 1. The Kier molecular flexibility index (Phi) is 4.40. The third-order valence-corrected chi connectivity index (χ3v) is 3.96. The summed E-state index contributed by atoms with van der Waals surface area (Å²) in [5.41, 5.74) is -0.446. The topological polar surface area (TPSA) is 47.6 Å². The number of ether oxygens (including phenoxy) is 2. The van der Waals surface area contributed by atoms with Gasteiger partial charge in [0.2, 0.25) is 0 Å². The van der Waals surface area contributed by atoms with Gasteiger partial charge in [0.25, 0.3) is 0 Å². The first-order valence-corrected chi connectivity index (χ1v) is 6.68. The largest absolute Gasteiger partial charge is 0.468 e. The number of rotatable bonds is 3. The van der Waals surface area contributed by atoms with E-state index in [4.69, 9.17) is 9.47 Å². The maximum absolute atomic E-state index is 12.0. The zero-order chi connectivity index (χ0) is 12.1. The fourth-order valence-electron chi connectivity index (χ4n) is 3.06. The van der Waals surface area contributed by atoms with Crippen LogP contribution in [0.3, 0.4) is 0 Å². The van der Waals surface area contributed by atoms with Gasteiger partial charge in [-0.15, -0.1) is 0 Å². The summed E-state index contributed by atoms with van der Waals surface area (Å²) in [5.74, 6) is 0.399. The van der Waals surface area contributed by atoms with Crippen LogP contribution in [0.15, 0.2) is 0 Å². The van der Waals surface area contributed by atoms with Gasteiger partial charge in [0.15, 0.2) is 0 Å². The molecule has 0 saturated carbocycles. The predicted molar refractivity (Wildman–Crippen MR) is 64.8 cm³/mol. The van der Waals surface area contributed by atoms with Crippen molar-refractivity contribution in [2.75, 3.05) is 26.9 Å². The van der Waals surface area contributed by atoms with Gasteiger partial charge >= 0.3 is 5.97 Å². The SMILES string of the molecule is COC(=O)C1(CC2CCCOC2)CCCCN1. The molecule has 0 radical (unpaired) electrons. The van der Waals surface area contributed by atoms with Crippen LogP contribution in [-0.2, 0) is 14.3 Å². The summed E-state index contributed by atoms with van der Waals surface area (Å²) in [5, 5.41) is 3.40. The Morgan fingerprint density at radius 2 is 2.35 bits per heavy atom. The van der Waals surface area contributed by atoms with Crippen LogP contribution < -0.4 is 5.32 Å². The summed E-state index contributed by atoms with van der Waals surface area (Å²) in [6.07, 6.45) is 6.30. The second-order valence-corrected chi connectivity index (χ2v) is 5.24. The molecule has 1 N–H and O–H groups in total. The molecule has 2 aliphatic heterocycles. The first-order chi connectivity index (χ1) is 8.27. The van der Waals surface area contributed by atoms with Crippen LogP contribution in [0, 0.1) is 5.92 Å². The minimum Gasteiger partial charge on any atom is -0.468 e. The smallest absolute Gasteiger partial charge is 0.326 e. The molecule has 2 rings (SSSR count). The standard InChI is InChI=1S/C13H23NO3/c1-16-12(15)13(6-2-3-7-14-13)9-11-5-4-8-17-10-11/h11,14H,2-10H2,1H3. The van der Waals surface area contributed by atoms with Crippen molar-refractivity contribution < 1.29 is 14.3 Å². The molecule has 2 saturated heterocycles. The van der Waals surface area contributed by atoms with E-state index in [-0.39, 0.29) is 5.97 Å². The summed E-state index contributed by atoms with van der Waals surface area (Å²) in [4.78, 5) is 12.0. The number of piperidine rings is 1. The van der Waals surface area contributed by atoms with Crippen molar-refractivity contribution in [2.24, 2.45) is 5.92 Å². The first kappa shape index (κ1) is 12.8. The van der Waals surface area contributed by atoms with E-state index in [0.717, 1.165) is 51.9 Å².